The van der Waals surface area contributed by atoms with Crippen LogP contribution in [0.25, 0.3) is 0 Å². The Morgan fingerprint density at radius 3 is 2.71 bits per heavy atom. The van der Waals surface area contributed by atoms with Gasteiger partial charge in [-0.25, -0.2) is 0 Å². The molecule has 2 heteroatoms. The highest BCUT2D eigenvalue weighted by molar-refractivity contribution is 4.91. The van der Waals surface area contributed by atoms with Gasteiger partial charge in [0.05, 0.1) is 12.7 Å². The molecule has 1 heterocycles. The lowest BCUT2D eigenvalue weighted by Crippen LogP contribution is -2.52. The monoisotopic (exact) mass is 197 g/mol. The van der Waals surface area contributed by atoms with Gasteiger partial charge < -0.3 is 10.1 Å². The fourth-order valence-corrected chi connectivity index (χ4v) is 2.79. The van der Waals surface area contributed by atoms with Crippen LogP contribution in [0.2, 0.25) is 0 Å². The van der Waals surface area contributed by atoms with E-state index in [1.54, 1.807) is 0 Å². The van der Waals surface area contributed by atoms with E-state index in [1.165, 1.54) is 19.3 Å². The van der Waals surface area contributed by atoms with Crippen LogP contribution in [0.3, 0.4) is 0 Å². The highest BCUT2D eigenvalue weighted by atomic mass is 16.5. The average molecular weight is 197 g/mol. The lowest BCUT2D eigenvalue weighted by molar-refractivity contribution is -0.0519. The summed E-state index contributed by atoms with van der Waals surface area (Å²) in [6, 6.07) is 0.641. The fraction of sp³-hybridized carbons (Fsp3) is 1.00. The first-order valence-corrected chi connectivity index (χ1v) is 5.92. The smallest absolute Gasteiger partial charge is 0.0731 e. The number of morpholine rings is 1. The second-order valence-corrected chi connectivity index (χ2v) is 5.85. The standard InChI is InChI=1S/C12H23NO/c1-12(2,3)9-4-5-10-11(8-9)14-7-6-13-10/h9-11,13H,4-8H2,1-3H3/t9?,10-,11+/m0/s1. The Morgan fingerprint density at radius 2 is 2.00 bits per heavy atom. The summed E-state index contributed by atoms with van der Waals surface area (Å²) < 4.78 is 5.84. The normalized spacial score (nSPS) is 39.2. The molecule has 0 aromatic heterocycles. The molecule has 1 N–H and O–H groups in total. The highest BCUT2D eigenvalue weighted by Gasteiger charge is 2.37. The van der Waals surface area contributed by atoms with Crippen molar-refractivity contribution < 1.29 is 4.74 Å². The van der Waals surface area contributed by atoms with Crippen LogP contribution in [0.4, 0.5) is 0 Å². The Morgan fingerprint density at radius 1 is 1.21 bits per heavy atom. The molecule has 1 saturated heterocycles. The van der Waals surface area contributed by atoms with E-state index < -0.39 is 0 Å². The Labute approximate surface area is 87.4 Å². The second kappa shape index (κ2) is 3.82. The summed E-state index contributed by atoms with van der Waals surface area (Å²) in [7, 11) is 0. The van der Waals surface area contributed by atoms with Crippen LogP contribution in [-0.4, -0.2) is 25.3 Å². The minimum atomic E-state index is 0.450. The molecule has 1 unspecified atom stereocenters. The Hall–Kier alpha value is -0.0800. The molecule has 0 bridgehead atoms. The van der Waals surface area contributed by atoms with E-state index in [9.17, 15) is 0 Å². The van der Waals surface area contributed by atoms with Gasteiger partial charge in [-0.3, -0.25) is 0 Å². The molecule has 82 valence electrons. The van der Waals surface area contributed by atoms with Crippen LogP contribution in [0, 0.1) is 11.3 Å². The van der Waals surface area contributed by atoms with Crippen molar-refractivity contribution in [1.82, 2.24) is 5.32 Å². The summed E-state index contributed by atoms with van der Waals surface area (Å²) in [5.41, 5.74) is 0.450. The zero-order valence-corrected chi connectivity index (χ0v) is 9.68. The second-order valence-electron chi connectivity index (χ2n) is 5.85. The number of nitrogens with one attached hydrogen (secondary N) is 1. The fourth-order valence-electron chi connectivity index (χ4n) is 2.79. The third-order valence-electron chi connectivity index (χ3n) is 3.86. The van der Waals surface area contributed by atoms with Gasteiger partial charge in [-0.05, 0) is 30.6 Å². The predicted molar refractivity (Wildman–Crippen MR) is 58.3 cm³/mol. The molecule has 1 aliphatic heterocycles. The summed E-state index contributed by atoms with van der Waals surface area (Å²) in [5, 5.41) is 3.57. The molecule has 0 spiro atoms. The molecular formula is C12H23NO. The summed E-state index contributed by atoms with van der Waals surface area (Å²) >= 11 is 0. The highest BCUT2D eigenvalue weighted by Crippen LogP contribution is 2.39. The predicted octanol–water partition coefficient (Wildman–Crippen LogP) is 2.19. The Balaban J connectivity index is 1.96. The van der Waals surface area contributed by atoms with Crippen molar-refractivity contribution >= 4 is 0 Å². The summed E-state index contributed by atoms with van der Waals surface area (Å²) in [5.74, 6) is 0.837. The number of fused-ring (bicyclic) bond motifs is 1. The number of ether oxygens (including phenoxy) is 1. The molecule has 2 nitrogen and oxygen atoms in total. The molecule has 3 atom stereocenters. The third-order valence-corrected chi connectivity index (χ3v) is 3.86. The Kier molecular flexibility index (Phi) is 2.85. The summed E-state index contributed by atoms with van der Waals surface area (Å²) in [4.78, 5) is 0. The molecular weight excluding hydrogens is 174 g/mol. The van der Waals surface area contributed by atoms with Crippen molar-refractivity contribution in [1.29, 1.82) is 0 Å². The van der Waals surface area contributed by atoms with E-state index in [-0.39, 0.29) is 0 Å². The van der Waals surface area contributed by atoms with E-state index in [4.69, 9.17) is 4.74 Å². The lowest BCUT2D eigenvalue weighted by Gasteiger charge is -2.44. The maximum atomic E-state index is 5.84. The van der Waals surface area contributed by atoms with Crippen molar-refractivity contribution in [2.45, 2.75) is 52.2 Å². The van der Waals surface area contributed by atoms with Gasteiger partial charge >= 0.3 is 0 Å². The maximum Gasteiger partial charge on any atom is 0.0731 e. The van der Waals surface area contributed by atoms with E-state index in [1.807, 2.05) is 0 Å². The van der Waals surface area contributed by atoms with Gasteiger partial charge in [-0.15, -0.1) is 0 Å². The molecule has 2 rings (SSSR count). The zero-order chi connectivity index (χ0) is 10.2. The first kappa shape index (κ1) is 10.4. The van der Waals surface area contributed by atoms with Gasteiger partial charge in [0.25, 0.3) is 0 Å². The average Bonchev–Trinajstić information content (AvgIpc) is 2.16. The van der Waals surface area contributed by atoms with Crippen LogP contribution in [0.15, 0.2) is 0 Å². The van der Waals surface area contributed by atoms with Crippen LogP contribution >= 0.6 is 0 Å². The minimum Gasteiger partial charge on any atom is -0.375 e. The van der Waals surface area contributed by atoms with Gasteiger partial charge in [0.1, 0.15) is 0 Å². The van der Waals surface area contributed by atoms with E-state index in [0.717, 1.165) is 19.1 Å². The molecule has 2 aliphatic rings. The van der Waals surface area contributed by atoms with Gasteiger partial charge in [-0.1, -0.05) is 20.8 Å². The van der Waals surface area contributed by atoms with Crippen molar-refractivity contribution in [2.24, 2.45) is 11.3 Å². The van der Waals surface area contributed by atoms with Crippen LogP contribution < -0.4 is 5.32 Å². The van der Waals surface area contributed by atoms with Gasteiger partial charge in [0.15, 0.2) is 0 Å². The topological polar surface area (TPSA) is 21.3 Å². The molecule has 14 heavy (non-hydrogen) atoms. The largest absolute Gasteiger partial charge is 0.375 e. The van der Waals surface area contributed by atoms with Crippen molar-refractivity contribution in [2.75, 3.05) is 13.2 Å². The molecule has 1 aliphatic carbocycles. The van der Waals surface area contributed by atoms with Gasteiger partial charge in [0, 0.05) is 12.6 Å². The zero-order valence-electron chi connectivity index (χ0n) is 9.68. The van der Waals surface area contributed by atoms with E-state index in [0.29, 0.717) is 17.6 Å². The van der Waals surface area contributed by atoms with Crippen LogP contribution in [0.5, 0.6) is 0 Å². The molecule has 1 saturated carbocycles. The number of rotatable bonds is 0. The minimum absolute atomic E-state index is 0.450. The van der Waals surface area contributed by atoms with E-state index in [2.05, 4.69) is 26.1 Å². The molecule has 2 fully saturated rings. The Bertz CT molecular complexity index is 197. The van der Waals surface area contributed by atoms with Crippen molar-refractivity contribution in [3.8, 4) is 0 Å². The number of hydrogen-bond acceptors (Lipinski definition) is 2. The molecule has 0 aromatic carbocycles. The quantitative estimate of drug-likeness (QED) is 0.643. The van der Waals surface area contributed by atoms with Crippen LogP contribution in [0.1, 0.15) is 40.0 Å². The summed E-state index contributed by atoms with van der Waals surface area (Å²) in [6.45, 7) is 9.01. The van der Waals surface area contributed by atoms with Gasteiger partial charge in [0.2, 0.25) is 0 Å². The molecule has 0 amide bonds. The van der Waals surface area contributed by atoms with E-state index >= 15 is 0 Å². The molecule has 0 aromatic rings. The lowest BCUT2D eigenvalue weighted by atomic mass is 9.70. The molecule has 0 radical (unpaired) electrons. The maximum absolute atomic E-state index is 5.84. The number of hydrogen-bond donors (Lipinski definition) is 1. The van der Waals surface area contributed by atoms with Crippen molar-refractivity contribution in [3.63, 3.8) is 0 Å². The third kappa shape index (κ3) is 2.12. The van der Waals surface area contributed by atoms with Gasteiger partial charge in [-0.2, -0.15) is 0 Å². The summed E-state index contributed by atoms with van der Waals surface area (Å²) in [6.07, 6.45) is 4.40. The first-order chi connectivity index (χ1) is 6.57. The van der Waals surface area contributed by atoms with Crippen molar-refractivity contribution in [3.05, 3.63) is 0 Å². The SMILES string of the molecule is CC(C)(C)C1CC[C@@H]2NCCO[C@@H]2C1. The van der Waals surface area contributed by atoms with Crippen LogP contribution in [-0.2, 0) is 4.74 Å². The first-order valence-electron chi connectivity index (χ1n) is 5.92.